The number of hydrogen-bond acceptors (Lipinski definition) is 8. The number of anilines is 1. The highest BCUT2D eigenvalue weighted by atomic mass is 79.9. The fourth-order valence-electron chi connectivity index (χ4n) is 2.18. The minimum atomic E-state index is -0.936. The first-order valence-corrected chi connectivity index (χ1v) is 8.84. The minimum absolute atomic E-state index is 0.00909. The number of ether oxygens (including phenoxy) is 2. The van der Waals surface area contributed by atoms with Crippen molar-refractivity contribution in [3.63, 3.8) is 0 Å². The number of nitro benzene ring substituents is 2. The lowest BCUT2D eigenvalue weighted by Gasteiger charge is -2.09. The van der Waals surface area contributed by atoms with Crippen LogP contribution in [0.25, 0.3) is 0 Å². The molecule has 0 spiro atoms. The molecule has 0 fully saturated rings. The van der Waals surface area contributed by atoms with E-state index >= 15 is 0 Å². The Labute approximate surface area is 172 Å². The average Bonchev–Trinajstić information content (AvgIpc) is 2.67. The molecule has 0 aromatic heterocycles. The largest absolute Gasteiger partial charge is 0.487 e. The van der Waals surface area contributed by atoms with Gasteiger partial charge in [-0.1, -0.05) is 0 Å². The van der Waals surface area contributed by atoms with Gasteiger partial charge < -0.3 is 14.8 Å². The van der Waals surface area contributed by atoms with Gasteiger partial charge in [-0.3, -0.25) is 25.0 Å². The summed E-state index contributed by atoms with van der Waals surface area (Å²) in [5.41, 5.74) is -0.447. The molecule has 0 saturated heterocycles. The van der Waals surface area contributed by atoms with Gasteiger partial charge in [0.25, 0.3) is 11.6 Å². The Morgan fingerprint density at radius 2 is 1.83 bits per heavy atom. The molecule has 12 heteroatoms. The van der Waals surface area contributed by atoms with Crippen LogP contribution in [0.5, 0.6) is 5.75 Å². The summed E-state index contributed by atoms with van der Waals surface area (Å²) in [7, 11) is 0. The molecule has 0 aliphatic rings. The molecule has 0 bridgehead atoms. The maximum Gasteiger partial charge on any atom is 0.338 e. The third-order valence-electron chi connectivity index (χ3n) is 3.46. The van der Waals surface area contributed by atoms with Crippen LogP contribution in [0.4, 0.5) is 17.1 Å². The van der Waals surface area contributed by atoms with Crippen LogP contribution < -0.4 is 10.1 Å². The zero-order chi connectivity index (χ0) is 21.6. The summed E-state index contributed by atoms with van der Waals surface area (Å²) in [5.74, 6) is -1.63. The number of carbonyl (C=O) groups excluding carboxylic acids is 2. The van der Waals surface area contributed by atoms with E-state index in [9.17, 15) is 29.8 Å². The van der Waals surface area contributed by atoms with Crippen LogP contribution in [0.15, 0.2) is 40.9 Å². The second kappa shape index (κ2) is 9.59. The monoisotopic (exact) mass is 467 g/mol. The van der Waals surface area contributed by atoms with Crippen molar-refractivity contribution in [2.45, 2.75) is 6.92 Å². The molecule has 1 amide bonds. The number of esters is 1. The van der Waals surface area contributed by atoms with Crippen molar-refractivity contribution < 1.29 is 28.9 Å². The molecule has 2 aromatic rings. The first kappa shape index (κ1) is 21.8. The number of nitro groups is 2. The lowest BCUT2D eigenvalue weighted by Crippen LogP contribution is -2.21. The van der Waals surface area contributed by atoms with Gasteiger partial charge in [0.1, 0.15) is 0 Å². The number of rotatable bonds is 8. The van der Waals surface area contributed by atoms with E-state index < -0.39 is 34.0 Å². The highest BCUT2D eigenvalue weighted by molar-refractivity contribution is 9.10. The van der Waals surface area contributed by atoms with Gasteiger partial charge in [0.2, 0.25) is 0 Å². The SMILES string of the molecule is CCOc1ccc(C(=O)OCC(=O)Nc2ccc([N+](=O)[O-])cc2Br)cc1[N+](=O)[O-]. The van der Waals surface area contributed by atoms with Crippen LogP contribution in [0.2, 0.25) is 0 Å². The third kappa shape index (κ3) is 5.72. The average molecular weight is 468 g/mol. The molecular formula is C17H14BrN3O8. The smallest absolute Gasteiger partial charge is 0.338 e. The van der Waals surface area contributed by atoms with Crippen molar-refractivity contribution in [3.8, 4) is 5.75 Å². The second-order valence-corrected chi connectivity index (χ2v) is 6.27. The quantitative estimate of drug-likeness (QED) is 0.351. The van der Waals surface area contributed by atoms with Gasteiger partial charge in [-0.05, 0) is 41.1 Å². The first-order valence-electron chi connectivity index (χ1n) is 8.05. The standard InChI is InChI=1S/C17H14BrN3O8/c1-2-28-15-6-3-10(7-14(15)21(26)27)17(23)29-9-16(22)19-13-5-4-11(20(24)25)8-12(13)18/h3-8H,2,9H2,1H3,(H,19,22). The molecule has 0 unspecified atom stereocenters. The number of amides is 1. The fraction of sp³-hybridized carbons (Fsp3) is 0.176. The minimum Gasteiger partial charge on any atom is -0.487 e. The van der Waals surface area contributed by atoms with E-state index in [-0.39, 0.29) is 33.8 Å². The van der Waals surface area contributed by atoms with E-state index in [1.165, 1.54) is 30.3 Å². The van der Waals surface area contributed by atoms with Gasteiger partial charge in [-0.2, -0.15) is 0 Å². The van der Waals surface area contributed by atoms with E-state index in [0.29, 0.717) is 0 Å². The van der Waals surface area contributed by atoms with Crippen LogP contribution in [-0.4, -0.2) is 34.9 Å². The number of benzene rings is 2. The van der Waals surface area contributed by atoms with Gasteiger partial charge in [-0.25, -0.2) is 4.79 Å². The summed E-state index contributed by atoms with van der Waals surface area (Å²) in [5, 5.41) is 24.2. The Balaban J connectivity index is 2.01. The summed E-state index contributed by atoms with van der Waals surface area (Å²) in [6.45, 7) is 1.21. The van der Waals surface area contributed by atoms with E-state index in [1.54, 1.807) is 6.92 Å². The Morgan fingerprint density at radius 1 is 1.10 bits per heavy atom. The summed E-state index contributed by atoms with van der Waals surface area (Å²) in [4.78, 5) is 44.6. The number of nitrogens with zero attached hydrogens (tertiary/aromatic N) is 2. The fourth-order valence-corrected chi connectivity index (χ4v) is 2.65. The molecule has 11 nitrogen and oxygen atoms in total. The van der Waals surface area contributed by atoms with E-state index in [2.05, 4.69) is 21.2 Å². The predicted molar refractivity (Wildman–Crippen MR) is 104 cm³/mol. The van der Waals surface area contributed by atoms with Crippen molar-refractivity contribution in [1.82, 2.24) is 0 Å². The number of hydrogen-bond donors (Lipinski definition) is 1. The van der Waals surface area contributed by atoms with E-state index in [4.69, 9.17) is 9.47 Å². The molecule has 2 rings (SSSR count). The highest BCUT2D eigenvalue weighted by Crippen LogP contribution is 2.29. The van der Waals surface area contributed by atoms with Crippen molar-refractivity contribution in [2.75, 3.05) is 18.5 Å². The molecule has 29 heavy (non-hydrogen) atoms. The van der Waals surface area contributed by atoms with Crippen molar-refractivity contribution in [3.05, 3.63) is 66.7 Å². The van der Waals surface area contributed by atoms with Crippen LogP contribution in [0.1, 0.15) is 17.3 Å². The number of non-ortho nitro benzene ring substituents is 1. The Hall–Kier alpha value is -3.54. The van der Waals surface area contributed by atoms with Crippen molar-refractivity contribution >= 4 is 44.9 Å². The number of nitrogens with one attached hydrogen (secondary N) is 1. The van der Waals surface area contributed by atoms with Gasteiger partial charge in [0.05, 0.1) is 27.7 Å². The Morgan fingerprint density at radius 3 is 2.41 bits per heavy atom. The summed E-state index contributed by atoms with van der Waals surface area (Å²) >= 11 is 3.10. The summed E-state index contributed by atoms with van der Waals surface area (Å²) in [6, 6.07) is 7.28. The molecule has 0 aliphatic carbocycles. The molecular weight excluding hydrogens is 454 g/mol. The number of halogens is 1. The van der Waals surface area contributed by atoms with Gasteiger partial charge in [0.15, 0.2) is 12.4 Å². The number of carbonyl (C=O) groups is 2. The molecule has 0 saturated carbocycles. The Bertz CT molecular complexity index is 979. The van der Waals surface area contributed by atoms with Gasteiger partial charge in [0, 0.05) is 22.7 Å². The zero-order valence-electron chi connectivity index (χ0n) is 14.9. The van der Waals surface area contributed by atoms with Crippen molar-refractivity contribution in [1.29, 1.82) is 0 Å². The summed E-state index contributed by atoms with van der Waals surface area (Å²) < 4.78 is 10.3. The highest BCUT2D eigenvalue weighted by Gasteiger charge is 2.20. The van der Waals surface area contributed by atoms with E-state index in [1.807, 2.05) is 0 Å². The lowest BCUT2D eigenvalue weighted by atomic mass is 10.2. The lowest BCUT2D eigenvalue weighted by molar-refractivity contribution is -0.385. The van der Waals surface area contributed by atoms with E-state index in [0.717, 1.165) is 6.07 Å². The molecule has 1 N–H and O–H groups in total. The van der Waals surface area contributed by atoms with Crippen LogP contribution >= 0.6 is 15.9 Å². The molecule has 2 aromatic carbocycles. The maximum absolute atomic E-state index is 12.1. The first-order chi connectivity index (χ1) is 13.7. The molecule has 0 heterocycles. The van der Waals surface area contributed by atoms with Gasteiger partial charge in [-0.15, -0.1) is 0 Å². The van der Waals surface area contributed by atoms with Crippen LogP contribution in [-0.2, 0) is 9.53 Å². The summed E-state index contributed by atoms with van der Waals surface area (Å²) in [6.07, 6.45) is 0. The normalized spacial score (nSPS) is 10.1. The van der Waals surface area contributed by atoms with Gasteiger partial charge >= 0.3 is 11.7 Å². The van der Waals surface area contributed by atoms with Crippen LogP contribution in [0.3, 0.4) is 0 Å². The third-order valence-corrected chi connectivity index (χ3v) is 4.12. The maximum atomic E-state index is 12.1. The second-order valence-electron chi connectivity index (χ2n) is 5.42. The zero-order valence-corrected chi connectivity index (χ0v) is 16.5. The molecule has 0 aliphatic heterocycles. The molecule has 0 atom stereocenters. The topological polar surface area (TPSA) is 151 Å². The molecule has 152 valence electrons. The van der Waals surface area contributed by atoms with Crippen LogP contribution in [0, 0.1) is 20.2 Å². The Kier molecular flexibility index (Phi) is 7.20. The molecule has 0 radical (unpaired) electrons. The predicted octanol–water partition coefficient (Wildman–Crippen LogP) is 3.46. The van der Waals surface area contributed by atoms with Crippen molar-refractivity contribution in [2.24, 2.45) is 0 Å².